The number of ether oxygens (including phenoxy) is 2. The fraction of sp³-hybridized carbons (Fsp3) is 0.167. The molecule has 1 heterocycles. The minimum atomic E-state index is -0.698. The van der Waals surface area contributed by atoms with Crippen molar-refractivity contribution in [2.75, 3.05) is 17.2 Å². The van der Waals surface area contributed by atoms with Crippen LogP contribution in [0.25, 0.3) is 6.08 Å². The molecule has 1 aliphatic rings. The number of carbonyl (C=O) groups excluding carboxylic acids is 4. The van der Waals surface area contributed by atoms with Crippen molar-refractivity contribution >= 4 is 63.6 Å². The predicted octanol–water partition coefficient (Wildman–Crippen LogP) is 10.3. The van der Waals surface area contributed by atoms with Gasteiger partial charge in [-0.05, 0) is 103 Å². The molecular weight excluding hydrogens is 779 g/mol. The smallest absolute Gasteiger partial charge is 0.341 e. The van der Waals surface area contributed by atoms with Gasteiger partial charge in [0.1, 0.15) is 28.3 Å². The topological polar surface area (TPSA) is 123 Å². The Kier molecular flexibility index (Phi) is 13.7. The third kappa shape index (κ3) is 10.8. The zero-order chi connectivity index (χ0) is 41.0. The van der Waals surface area contributed by atoms with Gasteiger partial charge in [-0.15, -0.1) is 23.1 Å². The second-order valence-electron chi connectivity index (χ2n) is 13.7. The molecule has 0 radical (unpaired) electrons. The van der Waals surface area contributed by atoms with E-state index < -0.39 is 23.0 Å². The molecule has 6 aromatic rings. The molecule has 9 nitrogen and oxygen atoms in total. The number of rotatable bonds is 15. The van der Waals surface area contributed by atoms with E-state index in [0.717, 1.165) is 47.3 Å². The molecule has 3 amide bonds. The highest BCUT2D eigenvalue weighted by atomic mass is 32.2. The minimum absolute atomic E-state index is 0.0347. The van der Waals surface area contributed by atoms with E-state index in [4.69, 9.17) is 9.47 Å². The highest BCUT2D eigenvalue weighted by Gasteiger charge is 2.30. The third-order valence-electron chi connectivity index (χ3n) is 9.54. The number of thioether (sulfide) groups is 1. The number of anilines is 2. The van der Waals surface area contributed by atoms with E-state index in [1.807, 2.05) is 97.1 Å². The zero-order valence-corrected chi connectivity index (χ0v) is 34.1. The summed E-state index contributed by atoms with van der Waals surface area (Å²) in [6.07, 6.45) is 5.26. The number of hydrogen-bond donors (Lipinski definition) is 3. The summed E-state index contributed by atoms with van der Waals surface area (Å²) in [6, 6.07) is 42.4. The van der Waals surface area contributed by atoms with Gasteiger partial charge < -0.3 is 25.4 Å². The van der Waals surface area contributed by atoms with Crippen molar-refractivity contribution in [3.05, 3.63) is 183 Å². The van der Waals surface area contributed by atoms with Crippen molar-refractivity contribution in [2.45, 2.75) is 49.4 Å². The first kappa shape index (κ1) is 40.8. The van der Waals surface area contributed by atoms with Gasteiger partial charge in [0.15, 0.2) is 0 Å². The average Bonchev–Trinajstić information content (AvgIpc) is 3.64. The Morgan fingerprint density at radius 3 is 2.20 bits per heavy atom. The summed E-state index contributed by atoms with van der Waals surface area (Å²) >= 11 is 2.77. The standard InChI is InChI=1S/C48H43N3O6S2/c1-2-56-48(55)42-39-23-12-13-24-41(39)59-47(42)51-46(54)43(34-17-8-4-9-18-34)58-38-22-14-21-36(30-38)49-45(53)40(50-44(52)35-19-10-5-11-20-35)29-32-25-27-37(28-26-32)57-31-33-15-6-3-7-16-33/h3-11,14-22,25-30,43H,2,12-13,23-24,31H2,1H3,(H,49,53)(H,50,52)(H,51,54)/b40-29+. The summed E-state index contributed by atoms with van der Waals surface area (Å²) < 4.78 is 11.4. The van der Waals surface area contributed by atoms with Crippen LogP contribution in [0.3, 0.4) is 0 Å². The first-order valence-corrected chi connectivity index (χ1v) is 21.1. The van der Waals surface area contributed by atoms with E-state index in [1.54, 1.807) is 55.5 Å². The number of thiophene rings is 1. The average molecular weight is 822 g/mol. The second kappa shape index (κ2) is 19.8. The number of amides is 3. The highest BCUT2D eigenvalue weighted by molar-refractivity contribution is 8.00. The molecule has 5 aromatic carbocycles. The lowest BCUT2D eigenvalue weighted by Gasteiger charge is -2.18. The first-order chi connectivity index (χ1) is 28.8. The van der Waals surface area contributed by atoms with Gasteiger partial charge in [0, 0.05) is 21.0 Å². The van der Waals surface area contributed by atoms with Crippen LogP contribution in [0.15, 0.2) is 150 Å². The lowest BCUT2D eigenvalue weighted by atomic mass is 9.95. The lowest BCUT2D eigenvalue weighted by Crippen LogP contribution is -2.30. The highest BCUT2D eigenvalue weighted by Crippen LogP contribution is 2.42. The van der Waals surface area contributed by atoms with Crippen molar-refractivity contribution in [2.24, 2.45) is 0 Å². The number of benzene rings is 5. The Morgan fingerprint density at radius 2 is 1.47 bits per heavy atom. The van der Waals surface area contributed by atoms with Gasteiger partial charge in [0.25, 0.3) is 11.8 Å². The van der Waals surface area contributed by atoms with E-state index in [1.165, 1.54) is 23.1 Å². The lowest BCUT2D eigenvalue weighted by molar-refractivity contribution is -0.116. The minimum Gasteiger partial charge on any atom is -0.489 e. The van der Waals surface area contributed by atoms with Crippen LogP contribution in [0.2, 0.25) is 0 Å². The van der Waals surface area contributed by atoms with Crippen LogP contribution in [0.1, 0.15) is 72.9 Å². The van der Waals surface area contributed by atoms with Crippen molar-refractivity contribution in [3.8, 4) is 5.75 Å². The maximum absolute atomic E-state index is 14.2. The Labute approximate surface area is 351 Å². The van der Waals surface area contributed by atoms with Gasteiger partial charge in [-0.2, -0.15) is 0 Å². The molecule has 0 aliphatic heterocycles. The Hall–Kier alpha value is -6.43. The maximum Gasteiger partial charge on any atom is 0.341 e. The van der Waals surface area contributed by atoms with Gasteiger partial charge in [-0.1, -0.05) is 97.1 Å². The number of nitrogens with one attached hydrogen (secondary N) is 3. The van der Waals surface area contributed by atoms with Crippen molar-refractivity contribution in [1.29, 1.82) is 0 Å². The van der Waals surface area contributed by atoms with Crippen LogP contribution in [0, 0.1) is 0 Å². The summed E-state index contributed by atoms with van der Waals surface area (Å²) in [5.74, 6) is -1.02. The zero-order valence-electron chi connectivity index (χ0n) is 32.4. The number of fused-ring (bicyclic) bond motifs is 1. The molecule has 7 rings (SSSR count). The van der Waals surface area contributed by atoms with Gasteiger partial charge >= 0.3 is 5.97 Å². The fourth-order valence-electron chi connectivity index (χ4n) is 6.64. The molecule has 0 spiro atoms. The quantitative estimate of drug-likeness (QED) is 0.0535. The molecule has 59 heavy (non-hydrogen) atoms. The van der Waals surface area contributed by atoms with E-state index in [-0.39, 0.29) is 18.2 Å². The Morgan fingerprint density at radius 1 is 0.780 bits per heavy atom. The monoisotopic (exact) mass is 821 g/mol. The van der Waals surface area contributed by atoms with E-state index >= 15 is 0 Å². The molecule has 11 heteroatoms. The molecule has 1 aliphatic carbocycles. The molecule has 3 N–H and O–H groups in total. The molecular formula is C48H43N3O6S2. The Bertz CT molecular complexity index is 2430. The largest absolute Gasteiger partial charge is 0.489 e. The first-order valence-electron chi connectivity index (χ1n) is 19.4. The van der Waals surface area contributed by atoms with Gasteiger partial charge in [-0.3, -0.25) is 14.4 Å². The van der Waals surface area contributed by atoms with Gasteiger partial charge in [0.05, 0.1) is 12.2 Å². The van der Waals surface area contributed by atoms with Crippen LogP contribution in [0.5, 0.6) is 5.75 Å². The molecule has 0 saturated carbocycles. The van der Waals surface area contributed by atoms with Gasteiger partial charge in [0.2, 0.25) is 5.91 Å². The Balaban J connectivity index is 1.11. The van der Waals surface area contributed by atoms with E-state index in [2.05, 4.69) is 16.0 Å². The molecule has 0 saturated heterocycles. The van der Waals surface area contributed by atoms with Crippen molar-refractivity contribution in [1.82, 2.24) is 5.32 Å². The molecule has 1 unspecified atom stereocenters. The van der Waals surface area contributed by atoms with E-state index in [9.17, 15) is 19.2 Å². The second-order valence-corrected chi connectivity index (χ2v) is 16.0. The maximum atomic E-state index is 14.2. The number of aryl methyl sites for hydroxylation is 1. The number of hydrogen-bond acceptors (Lipinski definition) is 8. The predicted molar refractivity (Wildman–Crippen MR) is 235 cm³/mol. The van der Waals surface area contributed by atoms with Crippen LogP contribution in [0.4, 0.5) is 10.7 Å². The van der Waals surface area contributed by atoms with Gasteiger partial charge in [-0.25, -0.2) is 4.79 Å². The number of carbonyl (C=O) groups is 4. The van der Waals surface area contributed by atoms with E-state index in [0.29, 0.717) is 44.6 Å². The third-order valence-corrected chi connectivity index (χ3v) is 12.0. The molecule has 298 valence electrons. The molecule has 0 fully saturated rings. The summed E-state index contributed by atoms with van der Waals surface area (Å²) in [5.41, 5.74) is 4.82. The van der Waals surface area contributed by atoms with Crippen molar-refractivity contribution in [3.63, 3.8) is 0 Å². The van der Waals surface area contributed by atoms with Crippen LogP contribution >= 0.6 is 23.1 Å². The fourth-order valence-corrected chi connectivity index (χ4v) is 9.01. The molecule has 1 atom stereocenters. The molecule has 1 aromatic heterocycles. The summed E-state index contributed by atoms with van der Waals surface area (Å²) in [5, 5.41) is 8.64. The normalized spacial score (nSPS) is 12.7. The molecule has 0 bridgehead atoms. The van der Waals surface area contributed by atoms with Crippen LogP contribution in [-0.2, 0) is 33.8 Å². The summed E-state index contributed by atoms with van der Waals surface area (Å²) in [4.78, 5) is 56.5. The summed E-state index contributed by atoms with van der Waals surface area (Å²) in [7, 11) is 0. The number of esters is 1. The van der Waals surface area contributed by atoms with Crippen LogP contribution in [-0.4, -0.2) is 30.3 Å². The van der Waals surface area contributed by atoms with Crippen molar-refractivity contribution < 1.29 is 28.7 Å². The van der Waals surface area contributed by atoms with Crippen LogP contribution < -0.4 is 20.7 Å². The SMILES string of the molecule is CCOC(=O)c1c(NC(=O)C(Sc2cccc(NC(=O)/C(=C\c3ccc(OCc4ccccc4)cc3)NC(=O)c3ccccc3)c2)c2ccccc2)sc2c1CCCC2. The summed E-state index contributed by atoms with van der Waals surface area (Å²) in [6.45, 7) is 2.42.